The average molecular weight is 593 g/mol. The standard InChI is InChI=1S/C30H26F2N4O5S/c31-26-10-9-25(27(28(26)32)30(38)39)21-3-1-20(2-4-21)19-34-29(37)22-5-7-24(8-6-22)42(40,41)36-17-15-35(16-18-36)23-11-13-33-14-12-23/h1-14H,15-19H2,(H,34,37)(H,38,39). The van der Waals surface area contributed by atoms with Crippen molar-refractivity contribution in [1.29, 1.82) is 0 Å². The van der Waals surface area contributed by atoms with E-state index in [1.54, 1.807) is 36.7 Å². The molecule has 2 N–H and O–H groups in total. The van der Waals surface area contributed by atoms with Gasteiger partial charge < -0.3 is 15.3 Å². The van der Waals surface area contributed by atoms with Crippen LogP contribution in [0, 0.1) is 11.6 Å². The molecule has 0 unspecified atom stereocenters. The Morgan fingerprint density at radius 2 is 1.50 bits per heavy atom. The second-order valence-corrected chi connectivity index (χ2v) is 11.5. The highest BCUT2D eigenvalue weighted by Gasteiger charge is 2.29. The average Bonchev–Trinajstić information content (AvgIpc) is 3.01. The van der Waals surface area contributed by atoms with Crippen molar-refractivity contribution in [2.24, 2.45) is 0 Å². The first kappa shape index (κ1) is 28.8. The molecule has 5 rings (SSSR count). The fourth-order valence-corrected chi connectivity index (χ4v) is 6.18. The lowest BCUT2D eigenvalue weighted by Crippen LogP contribution is -2.48. The Labute approximate surface area is 241 Å². The summed E-state index contributed by atoms with van der Waals surface area (Å²) in [5.41, 5.74) is 1.59. The maximum absolute atomic E-state index is 14.1. The molecule has 2 heterocycles. The van der Waals surface area contributed by atoms with Gasteiger partial charge in [-0.15, -0.1) is 0 Å². The smallest absolute Gasteiger partial charge is 0.339 e. The Hall–Kier alpha value is -4.68. The van der Waals surface area contributed by atoms with E-state index in [0.717, 1.165) is 11.8 Å². The number of halogens is 2. The van der Waals surface area contributed by atoms with Gasteiger partial charge in [-0.1, -0.05) is 30.3 Å². The number of anilines is 1. The van der Waals surface area contributed by atoms with Crippen molar-refractivity contribution in [3.63, 3.8) is 0 Å². The highest BCUT2D eigenvalue weighted by molar-refractivity contribution is 7.89. The number of pyridine rings is 1. The number of piperazine rings is 1. The molecule has 1 saturated heterocycles. The lowest BCUT2D eigenvalue weighted by molar-refractivity contribution is 0.0691. The van der Waals surface area contributed by atoms with Crippen LogP contribution in [0.1, 0.15) is 26.3 Å². The molecule has 1 aromatic heterocycles. The van der Waals surface area contributed by atoms with Gasteiger partial charge in [0.25, 0.3) is 5.91 Å². The Balaban J connectivity index is 1.19. The van der Waals surface area contributed by atoms with Gasteiger partial charge in [0.05, 0.1) is 4.90 Å². The largest absolute Gasteiger partial charge is 0.478 e. The summed E-state index contributed by atoms with van der Waals surface area (Å²) in [5, 5.41) is 12.1. The van der Waals surface area contributed by atoms with E-state index >= 15 is 0 Å². The van der Waals surface area contributed by atoms with Gasteiger partial charge >= 0.3 is 5.97 Å². The first-order valence-electron chi connectivity index (χ1n) is 13.0. The van der Waals surface area contributed by atoms with Crippen molar-refractivity contribution >= 4 is 27.6 Å². The van der Waals surface area contributed by atoms with Crippen molar-refractivity contribution in [2.45, 2.75) is 11.4 Å². The van der Waals surface area contributed by atoms with Crippen LogP contribution in [0.25, 0.3) is 11.1 Å². The number of benzene rings is 3. The lowest BCUT2D eigenvalue weighted by Gasteiger charge is -2.35. The van der Waals surface area contributed by atoms with Crippen LogP contribution in [0.3, 0.4) is 0 Å². The summed E-state index contributed by atoms with van der Waals surface area (Å²) in [4.78, 5) is 30.4. The quantitative estimate of drug-likeness (QED) is 0.315. The molecule has 0 saturated carbocycles. The number of carbonyl (C=O) groups excluding carboxylic acids is 1. The van der Waals surface area contributed by atoms with Crippen LogP contribution in [0.4, 0.5) is 14.5 Å². The van der Waals surface area contributed by atoms with Gasteiger partial charge in [0, 0.05) is 56.4 Å². The number of hydrogen-bond acceptors (Lipinski definition) is 6. The topological polar surface area (TPSA) is 120 Å². The van der Waals surface area contributed by atoms with E-state index in [4.69, 9.17) is 0 Å². The van der Waals surface area contributed by atoms with E-state index in [9.17, 15) is 31.9 Å². The third-order valence-electron chi connectivity index (χ3n) is 7.05. The van der Waals surface area contributed by atoms with E-state index < -0.39 is 39.1 Å². The summed E-state index contributed by atoms with van der Waals surface area (Å²) < 4.78 is 55.4. The fraction of sp³-hybridized carbons (Fsp3) is 0.167. The van der Waals surface area contributed by atoms with Crippen LogP contribution in [0.15, 0.2) is 90.1 Å². The van der Waals surface area contributed by atoms with Gasteiger partial charge in [-0.05, 0) is 59.2 Å². The molecule has 12 heteroatoms. The maximum atomic E-state index is 14.1. The van der Waals surface area contributed by atoms with Gasteiger partial charge in [0.1, 0.15) is 5.56 Å². The van der Waals surface area contributed by atoms with E-state index in [1.165, 1.54) is 34.6 Å². The predicted molar refractivity (Wildman–Crippen MR) is 152 cm³/mol. The highest BCUT2D eigenvalue weighted by atomic mass is 32.2. The molecule has 1 aliphatic heterocycles. The molecular weight excluding hydrogens is 566 g/mol. The van der Waals surface area contributed by atoms with Crippen molar-refractivity contribution < 1.29 is 31.9 Å². The number of hydrogen-bond donors (Lipinski definition) is 2. The molecule has 9 nitrogen and oxygen atoms in total. The summed E-state index contributed by atoms with van der Waals surface area (Å²) in [7, 11) is -3.72. The minimum Gasteiger partial charge on any atom is -0.478 e. The van der Waals surface area contributed by atoms with Crippen molar-refractivity contribution in [2.75, 3.05) is 31.1 Å². The third-order valence-corrected chi connectivity index (χ3v) is 8.96. The summed E-state index contributed by atoms with van der Waals surface area (Å²) >= 11 is 0. The second kappa shape index (κ2) is 12.0. The number of amides is 1. The first-order chi connectivity index (χ1) is 20.1. The predicted octanol–water partition coefficient (Wildman–Crippen LogP) is 4.17. The Kier molecular flexibility index (Phi) is 8.27. The van der Waals surface area contributed by atoms with Gasteiger partial charge in [-0.2, -0.15) is 4.31 Å². The second-order valence-electron chi connectivity index (χ2n) is 9.59. The lowest BCUT2D eigenvalue weighted by atomic mass is 9.98. The highest BCUT2D eigenvalue weighted by Crippen LogP contribution is 2.28. The van der Waals surface area contributed by atoms with Crippen LogP contribution in [0.2, 0.25) is 0 Å². The number of carbonyl (C=O) groups is 2. The monoisotopic (exact) mass is 592 g/mol. The normalized spacial score (nSPS) is 14.0. The molecule has 0 aliphatic carbocycles. The van der Waals surface area contributed by atoms with Gasteiger partial charge in [-0.25, -0.2) is 22.0 Å². The van der Waals surface area contributed by atoms with Gasteiger partial charge in [-0.3, -0.25) is 9.78 Å². The number of sulfonamides is 1. The molecule has 42 heavy (non-hydrogen) atoms. The first-order valence-corrected chi connectivity index (χ1v) is 14.4. The number of nitrogens with zero attached hydrogens (tertiary/aromatic N) is 3. The zero-order valence-electron chi connectivity index (χ0n) is 22.2. The molecule has 1 aliphatic rings. The van der Waals surface area contributed by atoms with Crippen LogP contribution < -0.4 is 10.2 Å². The SMILES string of the molecule is O=C(NCc1ccc(-c2ccc(F)c(F)c2C(=O)O)cc1)c1ccc(S(=O)(=O)N2CCN(c3ccncc3)CC2)cc1. The van der Waals surface area contributed by atoms with Crippen LogP contribution in [0.5, 0.6) is 0 Å². The van der Waals surface area contributed by atoms with Crippen molar-refractivity contribution in [3.05, 3.63) is 114 Å². The Morgan fingerprint density at radius 1 is 0.857 bits per heavy atom. The number of carboxylic acids is 1. The summed E-state index contributed by atoms with van der Waals surface area (Å²) in [6.45, 7) is 1.89. The fourth-order valence-electron chi connectivity index (χ4n) is 4.76. The van der Waals surface area contributed by atoms with Crippen LogP contribution >= 0.6 is 0 Å². The molecule has 0 spiro atoms. The molecule has 3 aromatic carbocycles. The van der Waals surface area contributed by atoms with E-state index in [2.05, 4.69) is 15.2 Å². The van der Waals surface area contributed by atoms with Gasteiger partial charge in [0.15, 0.2) is 11.6 Å². The van der Waals surface area contributed by atoms with E-state index in [1.807, 2.05) is 12.1 Å². The van der Waals surface area contributed by atoms with Gasteiger partial charge in [0.2, 0.25) is 10.0 Å². The zero-order chi connectivity index (χ0) is 29.9. The summed E-state index contributed by atoms with van der Waals surface area (Å²) in [5.74, 6) is -4.68. The number of rotatable bonds is 8. The molecule has 0 atom stereocenters. The third kappa shape index (κ3) is 5.99. The molecule has 0 bridgehead atoms. The number of aromatic carboxylic acids is 1. The summed E-state index contributed by atoms with van der Waals surface area (Å²) in [6.07, 6.45) is 3.40. The molecule has 0 radical (unpaired) electrons. The molecule has 4 aromatic rings. The van der Waals surface area contributed by atoms with Crippen molar-refractivity contribution in [1.82, 2.24) is 14.6 Å². The molecule has 1 fully saturated rings. The Morgan fingerprint density at radius 3 is 2.12 bits per heavy atom. The van der Waals surface area contributed by atoms with Crippen molar-refractivity contribution in [3.8, 4) is 11.1 Å². The van der Waals surface area contributed by atoms with E-state index in [-0.39, 0.29) is 22.6 Å². The molecule has 216 valence electrons. The summed E-state index contributed by atoms with van der Waals surface area (Å²) in [6, 6.07) is 17.9. The number of carboxylic acid groups (broad SMARTS) is 1. The number of aromatic nitrogens is 1. The minimum atomic E-state index is -3.72. The number of nitrogens with one attached hydrogen (secondary N) is 1. The maximum Gasteiger partial charge on any atom is 0.339 e. The minimum absolute atomic E-state index is 0.0302. The zero-order valence-corrected chi connectivity index (χ0v) is 23.0. The van der Waals surface area contributed by atoms with E-state index in [0.29, 0.717) is 37.3 Å². The van der Waals surface area contributed by atoms with Crippen LogP contribution in [-0.2, 0) is 16.6 Å². The molecule has 1 amide bonds. The van der Waals surface area contributed by atoms with Crippen LogP contribution in [-0.4, -0.2) is 60.9 Å². The Bertz CT molecular complexity index is 1710. The molecular formula is C30H26F2N4O5S.